The van der Waals surface area contributed by atoms with Gasteiger partial charge in [-0.25, -0.2) is 0 Å². The van der Waals surface area contributed by atoms with E-state index >= 15 is 0 Å². The van der Waals surface area contributed by atoms with Crippen molar-refractivity contribution in [1.82, 2.24) is 4.57 Å². The van der Waals surface area contributed by atoms with Crippen molar-refractivity contribution in [3.05, 3.63) is 30.0 Å². The Morgan fingerprint density at radius 1 is 1.21 bits per heavy atom. The first kappa shape index (κ1) is 14.4. The molecular formula is C15H24BNOSi. The van der Waals surface area contributed by atoms with Crippen LogP contribution in [0.4, 0.5) is 0 Å². The molecule has 0 N–H and O–H groups in total. The summed E-state index contributed by atoms with van der Waals surface area (Å²) in [7, 11) is 1.20. The second-order valence-electron chi connectivity index (χ2n) is 6.58. The van der Waals surface area contributed by atoms with Crippen LogP contribution in [0.2, 0.25) is 25.7 Å². The number of ether oxygens (including phenoxy) is 1. The fourth-order valence-corrected chi connectivity index (χ4v) is 2.99. The summed E-state index contributed by atoms with van der Waals surface area (Å²) >= 11 is 0. The summed E-state index contributed by atoms with van der Waals surface area (Å²) in [5.74, 6) is 0. The van der Waals surface area contributed by atoms with Gasteiger partial charge in [-0.15, -0.1) is 0 Å². The molecule has 0 amide bonds. The van der Waals surface area contributed by atoms with Gasteiger partial charge in [-0.2, -0.15) is 0 Å². The van der Waals surface area contributed by atoms with Gasteiger partial charge in [0.15, 0.2) is 0 Å². The van der Waals surface area contributed by atoms with Gasteiger partial charge in [-0.3, -0.25) is 0 Å². The maximum atomic E-state index is 5.85. The quantitative estimate of drug-likeness (QED) is 0.603. The molecule has 0 aliphatic rings. The first-order valence-corrected chi connectivity index (χ1v) is 10.7. The molecule has 2 aromatic rings. The fraction of sp³-hybridized carbons (Fsp3) is 0.467. The summed E-state index contributed by atoms with van der Waals surface area (Å²) in [6.07, 6.45) is 2.13. The van der Waals surface area contributed by atoms with E-state index in [9.17, 15) is 0 Å². The van der Waals surface area contributed by atoms with Crippen LogP contribution in [0.15, 0.2) is 24.4 Å². The summed E-state index contributed by atoms with van der Waals surface area (Å²) in [4.78, 5) is 0. The molecule has 0 aliphatic carbocycles. The highest BCUT2D eigenvalue weighted by Gasteiger charge is 2.12. The van der Waals surface area contributed by atoms with Gasteiger partial charge in [-0.05, 0) is 24.4 Å². The highest BCUT2D eigenvalue weighted by molar-refractivity contribution is 6.76. The SMILES string of the molecule is Bc1c(C)ccc2ccn(COCC[Si](C)(C)C)c12. The first-order valence-electron chi connectivity index (χ1n) is 7.01. The number of fused-ring (bicyclic) bond motifs is 1. The molecule has 0 aliphatic heterocycles. The predicted octanol–water partition coefficient (Wildman–Crippen LogP) is 2.52. The van der Waals surface area contributed by atoms with Crippen LogP contribution in [-0.4, -0.2) is 27.1 Å². The van der Waals surface area contributed by atoms with Crippen molar-refractivity contribution in [2.45, 2.75) is 39.3 Å². The number of aromatic nitrogens is 1. The number of aryl methyl sites for hydroxylation is 1. The van der Waals surface area contributed by atoms with Crippen LogP contribution in [0.1, 0.15) is 5.56 Å². The Labute approximate surface area is 118 Å². The van der Waals surface area contributed by atoms with Crippen molar-refractivity contribution in [3.63, 3.8) is 0 Å². The zero-order valence-electron chi connectivity index (χ0n) is 12.8. The number of rotatable bonds is 5. The zero-order valence-corrected chi connectivity index (χ0v) is 13.8. The Kier molecular flexibility index (Phi) is 4.21. The molecule has 2 rings (SSSR count). The van der Waals surface area contributed by atoms with Crippen LogP contribution in [0.3, 0.4) is 0 Å². The first-order chi connectivity index (χ1) is 8.88. The van der Waals surface area contributed by atoms with E-state index < -0.39 is 8.07 Å². The molecular weight excluding hydrogens is 249 g/mol. The van der Waals surface area contributed by atoms with Gasteiger partial charge in [0.1, 0.15) is 14.6 Å². The topological polar surface area (TPSA) is 14.2 Å². The number of hydrogen-bond acceptors (Lipinski definition) is 1. The summed E-state index contributed by atoms with van der Waals surface area (Å²) in [5.41, 5.74) is 4.01. The third-order valence-electron chi connectivity index (χ3n) is 3.68. The van der Waals surface area contributed by atoms with Gasteiger partial charge >= 0.3 is 0 Å². The maximum Gasteiger partial charge on any atom is 0.142 e. The van der Waals surface area contributed by atoms with Gasteiger partial charge < -0.3 is 9.30 Å². The lowest BCUT2D eigenvalue weighted by atomic mass is 9.89. The minimum Gasteiger partial charge on any atom is -0.361 e. The number of benzene rings is 1. The highest BCUT2D eigenvalue weighted by Crippen LogP contribution is 2.15. The van der Waals surface area contributed by atoms with Gasteiger partial charge in [-0.1, -0.05) is 42.8 Å². The molecule has 0 saturated heterocycles. The van der Waals surface area contributed by atoms with E-state index in [1.54, 1.807) is 0 Å². The molecule has 19 heavy (non-hydrogen) atoms. The van der Waals surface area contributed by atoms with E-state index in [0.29, 0.717) is 6.73 Å². The van der Waals surface area contributed by atoms with Crippen molar-refractivity contribution in [1.29, 1.82) is 0 Å². The average Bonchev–Trinajstić information content (AvgIpc) is 2.72. The zero-order chi connectivity index (χ0) is 14.0. The van der Waals surface area contributed by atoms with E-state index in [2.05, 4.69) is 63.4 Å². The van der Waals surface area contributed by atoms with Crippen molar-refractivity contribution >= 4 is 32.3 Å². The highest BCUT2D eigenvalue weighted by atomic mass is 28.3. The molecule has 0 spiro atoms. The van der Waals surface area contributed by atoms with Gasteiger partial charge in [0, 0.05) is 26.4 Å². The molecule has 0 saturated carbocycles. The van der Waals surface area contributed by atoms with E-state index in [-0.39, 0.29) is 0 Å². The number of nitrogens with zero attached hydrogens (tertiary/aromatic N) is 1. The molecule has 0 atom stereocenters. The molecule has 1 aromatic carbocycles. The molecule has 1 heterocycles. The Morgan fingerprint density at radius 2 is 1.95 bits per heavy atom. The van der Waals surface area contributed by atoms with Crippen LogP contribution in [0.25, 0.3) is 10.9 Å². The lowest BCUT2D eigenvalue weighted by Gasteiger charge is -2.16. The van der Waals surface area contributed by atoms with Crippen LogP contribution in [0, 0.1) is 6.92 Å². The van der Waals surface area contributed by atoms with Gasteiger partial charge in [0.05, 0.1) is 0 Å². The Morgan fingerprint density at radius 3 is 2.63 bits per heavy atom. The average molecular weight is 273 g/mol. The lowest BCUT2D eigenvalue weighted by molar-refractivity contribution is 0.0903. The molecule has 0 unspecified atom stereocenters. The van der Waals surface area contributed by atoms with Crippen LogP contribution < -0.4 is 5.46 Å². The number of hydrogen-bond donors (Lipinski definition) is 0. The largest absolute Gasteiger partial charge is 0.361 e. The van der Waals surface area contributed by atoms with E-state index in [1.165, 1.54) is 28.0 Å². The predicted molar refractivity (Wildman–Crippen MR) is 89.0 cm³/mol. The Balaban J connectivity index is 2.07. The van der Waals surface area contributed by atoms with Crippen LogP contribution in [0.5, 0.6) is 0 Å². The maximum absolute atomic E-state index is 5.85. The second kappa shape index (κ2) is 5.55. The minimum absolute atomic E-state index is 0.665. The van der Waals surface area contributed by atoms with E-state index in [0.717, 1.165) is 6.61 Å². The Hall–Kier alpha value is -0.998. The Bertz CT molecular complexity index is 571. The van der Waals surface area contributed by atoms with Crippen molar-refractivity contribution < 1.29 is 4.74 Å². The van der Waals surface area contributed by atoms with Gasteiger partial charge in [0.2, 0.25) is 0 Å². The third kappa shape index (κ3) is 3.51. The summed E-state index contributed by atoms with van der Waals surface area (Å²) in [5, 5.41) is 1.30. The van der Waals surface area contributed by atoms with Crippen molar-refractivity contribution in [2.75, 3.05) is 6.61 Å². The molecule has 1 aromatic heterocycles. The molecule has 2 nitrogen and oxygen atoms in total. The monoisotopic (exact) mass is 273 g/mol. The third-order valence-corrected chi connectivity index (χ3v) is 5.39. The fourth-order valence-electron chi connectivity index (χ4n) is 2.23. The van der Waals surface area contributed by atoms with Crippen molar-refractivity contribution in [2.24, 2.45) is 0 Å². The standard InChI is InChI=1S/C15H24BNOSi/c1-12-5-6-13-7-8-17(15(13)14(12)16)11-18-9-10-19(2,3)4/h5-8H,9-11,16H2,1-4H3. The smallest absolute Gasteiger partial charge is 0.142 e. The van der Waals surface area contributed by atoms with E-state index in [1.807, 2.05) is 0 Å². The summed E-state index contributed by atoms with van der Waals surface area (Å²) < 4.78 is 8.08. The molecule has 0 radical (unpaired) electrons. The molecule has 4 heteroatoms. The second-order valence-corrected chi connectivity index (χ2v) is 12.2. The summed E-state index contributed by atoms with van der Waals surface area (Å²) in [6.45, 7) is 10.9. The minimum atomic E-state index is -0.987. The molecule has 0 fully saturated rings. The molecule has 102 valence electrons. The summed E-state index contributed by atoms with van der Waals surface area (Å²) in [6, 6.07) is 7.78. The van der Waals surface area contributed by atoms with E-state index in [4.69, 9.17) is 4.74 Å². The lowest BCUT2D eigenvalue weighted by Crippen LogP contribution is -2.22. The van der Waals surface area contributed by atoms with Crippen molar-refractivity contribution in [3.8, 4) is 0 Å². The molecule has 0 bridgehead atoms. The normalized spacial score (nSPS) is 12.2. The van der Waals surface area contributed by atoms with Gasteiger partial charge in [0.25, 0.3) is 0 Å². The van der Waals surface area contributed by atoms with Crippen LogP contribution >= 0.6 is 0 Å². The van der Waals surface area contributed by atoms with Crippen LogP contribution in [-0.2, 0) is 11.5 Å².